The zero-order valence-electron chi connectivity index (χ0n) is 16.1. The first kappa shape index (κ1) is 19.4. The molecule has 0 bridgehead atoms. The number of amides is 2. The van der Waals surface area contributed by atoms with Gasteiger partial charge in [-0.15, -0.1) is 0 Å². The number of nitrogens with one attached hydrogen (secondary N) is 1. The van der Waals surface area contributed by atoms with Crippen molar-refractivity contribution in [1.82, 2.24) is 20.2 Å². The van der Waals surface area contributed by atoms with Crippen molar-refractivity contribution in [2.45, 2.75) is 26.1 Å². The van der Waals surface area contributed by atoms with Gasteiger partial charge in [0, 0.05) is 32.1 Å². The van der Waals surface area contributed by atoms with E-state index in [4.69, 9.17) is 4.74 Å². The second-order valence-electron chi connectivity index (χ2n) is 6.48. The number of aromatic nitrogens is 2. The number of ether oxygens (including phenoxy) is 1. The molecule has 1 N–H and O–H groups in total. The topological polar surface area (TPSA) is 67.4 Å². The third-order valence-electron chi connectivity index (χ3n) is 4.49. The summed E-state index contributed by atoms with van der Waals surface area (Å²) in [5.41, 5.74) is 2.85. The van der Waals surface area contributed by atoms with Gasteiger partial charge in [-0.05, 0) is 36.2 Å². The summed E-state index contributed by atoms with van der Waals surface area (Å²) in [6, 6.07) is 19.0. The molecule has 0 aliphatic carbocycles. The molecule has 2 amide bonds. The van der Waals surface area contributed by atoms with Crippen LogP contribution in [0.2, 0.25) is 0 Å². The summed E-state index contributed by atoms with van der Waals surface area (Å²) >= 11 is 0. The molecule has 0 saturated carbocycles. The average Bonchev–Trinajstić information content (AvgIpc) is 2.76. The van der Waals surface area contributed by atoms with Crippen molar-refractivity contribution in [3.8, 4) is 5.88 Å². The molecule has 3 rings (SSSR count). The van der Waals surface area contributed by atoms with Crippen LogP contribution in [0.1, 0.15) is 29.8 Å². The van der Waals surface area contributed by atoms with Crippen LogP contribution < -0.4 is 10.1 Å². The number of benzene rings is 1. The van der Waals surface area contributed by atoms with Gasteiger partial charge in [0.05, 0.1) is 11.7 Å². The van der Waals surface area contributed by atoms with Gasteiger partial charge < -0.3 is 15.0 Å². The molecule has 2 heterocycles. The lowest BCUT2D eigenvalue weighted by Gasteiger charge is -2.24. The molecule has 6 heteroatoms. The van der Waals surface area contributed by atoms with Gasteiger partial charge in [0.1, 0.15) is 6.61 Å². The highest BCUT2D eigenvalue weighted by molar-refractivity contribution is 5.74. The third-order valence-corrected chi connectivity index (χ3v) is 4.49. The van der Waals surface area contributed by atoms with Crippen LogP contribution in [0.5, 0.6) is 5.88 Å². The monoisotopic (exact) mass is 376 g/mol. The summed E-state index contributed by atoms with van der Waals surface area (Å²) in [6.07, 6.45) is 3.41. The van der Waals surface area contributed by atoms with E-state index in [1.54, 1.807) is 24.3 Å². The first-order valence-electron chi connectivity index (χ1n) is 9.16. The second-order valence-corrected chi connectivity index (χ2v) is 6.48. The van der Waals surface area contributed by atoms with Crippen molar-refractivity contribution in [2.24, 2.45) is 0 Å². The molecular formula is C22H24N4O2. The number of hydrogen-bond donors (Lipinski definition) is 1. The molecule has 0 radical (unpaired) electrons. The van der Waals surface area contributed by atoms with E-state index >= 15 is 0 Å². The molecule has 0 aliphatic heterocycles. The zero-order chi connectivity index (χ0) is 19.8. The number of urea groups is 1. The Kier molecular flexibility index (Phi) is 6.57. The summed E-state index contributed by atoms with van der Waals surface area (Å²) < 4.78 is 5.74. The minimum Gasteiger partial charge on any atom is -0.473 e. The van der Waals surface area contributed by atoms with Gasteiger partial charge in [0.25, 0.3) is 0 Å². The van der Waals surface area contributed by atoms with E-state index in [1.165, 1.54) is 0 Å². The molecule has 144 valence electrons. The summed E-state index contributed by atoms with van der Waals surface area (Å²) in [5.74, 6) is 0.533. The standard InChI is InChI=1S/C22H24N4O2/c1-17(20-10-6-7-12-23-20)26(2)22(27)25-15-19-11-13-24-21(14-19)28-16-18-8-4-3-5-9-18/h3-14,17H,15-16H2,1-2H3,(H,25,27). The lowest BCUT2D eigenvalue weighted by atomic mass is 10.2. The van der Waals surface area contributed by atoms with Gasteiger partial charge in [-0.1, -0.05) is 36.4 Å². The Hall–Kier alpha value is -3.41. The highest BCUT2D eigenvalue weighted by atomic mass is 16.5. The van der Waals surface area contributed by atoms with Crippen molar-refractivity contribution >= 4 is 6.03 Å². The highest BCUT2D eigenvalue weighted by Crippen LogP contribution is 2.16. The summed E-state index contributed by atoms with van der Waals surface area (Å²) in [6.45, 7) is 2.79. The Labute approximate surface area is 165 Å². The molecule has 1 atom stereocenters. The normalized spacial score (nSPS) is 11.5. The fourth-order valence-electron chi connectivity index (χ4n) is 2.67. The lowest BCUT2D eigenvalue weighted by molar-refractivity contribution is 0.193. The van der Waals surface area contributed by atoms with Gasteiger partial charge >= 0.3 is 6.03 Å². The predicted molar refractivity (Wildman–Crippen MR) is 108 cm³/mol. The van der Waals surface area contributed by atoms with Crippen LogP contribution in [0.15, 0.2) is 73.1 Å². The van der Waals surface area contributed by atoms with Gasteiger partial charge in [-0.2, -0.15) is 0 Å². The molecule has 1 aromatic carbocycles. The van der Waals surface area contributed by atoms with Gasteiger partial charge in [0.15, 0.2) is 0 Å². The Bertz CT molecular complexity index is 887. The van der Waals surface area contributed by atoms with E-state index in [9.17, 15) is 4.79 Å². The first-order chi connectivity index (χ1) is 13.6. The van der Waals surface area contributed by atoms with Crippen LogP contribution >= 0.6 is 0 Å². The average molecular weight is 376 g/mol. The maximum atomic E-state index is 12.5. The van der Waals surface area contributed by atoms with Crippen molar-refractivity contribution in [3.63, 3.8) is 0 Å². The van der Waals surface area contributed by atoms with Crippen molar-refractivity contribution in [1.29, 1.82) is 0 Å². The molecule has 2 aromatic heterocycles. The van der Waals surface area contributed by atoms with Crippen LogP contribution in [0.25, 0.3) is 0 Å². The van der Waals surface area contributed by atoms with E-state index in [-0.39, 0.29) is 12.1 Å². The van der Waals surface area contributed by atoms with Gasteiger partial charge in [0.2, 0.25) is 5.88 Å². The van der Waals surface area contributed by atoms with Crippen LogP contribution in [-0.2, 0) is 13.2 Å². The Morgan fingerprint density at radius 3 is 2.57 bits per heavy atom. The second kappa shape index (κ2) is 9.50. The van der Waals surface area contributed by atoms with Crippen LogP contribution in [0.3, 0.4) is 0 Å². The molecule has 1 unspecified atom stereocenters. The molecule has 3 aromatic rings. The zero-order valence-corrected chi connectivity index (χ0v) is 16.1. The molecular weight excluding hydrogens is 352 g/mol. The van der Waals surface area contributed by atoms with Crippen molar-refractivity contribution < 1.29 is 9.53 Å². The number of hydrogen-bond acceptors (Lipinski definition) is 4. The quantitative estimate of drug-likeness (QED) is 0.678. The number of nitrogens with zero attached hydrogens (tertiary/aromatic N) is 3. The Balaban J connectivity index is 1.53. The van der Waals surface area contributed by atoms with E-state index in [2.05, 4.69) is 15.3 Å². The molecule has 6 nitrogen and oxygen atoms in total. The van der Waals surface area contributed by atoms with E-state index in [0.29, 0.717) is 19.0 Å². The minimum absolute atomic E-state index is 0.122. The summed E-state index contributed by atoms with van der Waals surface area (Å²) in [7, 11) is 1.76. The first-order valence-corrected chi connectivity index (χ1v) is 9.16. The maximum absolute atomic E-state index is 12.5. The number of carbonyl (C=O) groups is 1. The van der Waals surface area contributed by atoms with Gasteiger partial charge in [-0.25, -0.2) is 9.78 Å². The summed E-state index contributed by atoms with van der Waals surface area (Å²) in [5, 5.41) is 2.93. The van der Waals surface area contributed by atoms with E-state index in [1.807, 2.05) is 67.6 Å². The molecule has 0 spiro atoms. The number of carbonyl (C=O) groups excluding carboxylic acids is 1. The molecule has 0 fully saturated rings. The van der Waals surface area contributed by atoms with E-state index < -0.39 is 0 Å². The van der Waals surface area contributed by atoms with Crippen LogP contribution in [-0.4, -0.2) is 27.9 Å². The lowest BCUT2D eigenvalue weighted by Crippen LogP contribution is -2.38. The molecule has 0 aliphatic rings. The third kappa shape index (κ3) is 5.30. The maximum Gasteiger partial charge on any atom is 0.317 e. The Morgan fingerprint density at radius 1 is 1.04 bits per heavy atom. The Morgan fingerprint density at radius 2 is 1.82 bits per heavy atom. The van der Waals surface area contributed by atoms with Crippen molar-refractivity contribution in [2.75, 3.05) is 7.05 Å². The van der Waals surface area contributed by atoms with Crippen molar-refractivity contribution in [3.05, 3.63) is 89.9 Å². The van der Waals surface area contributed by atoms with Crippen LogP contribution in [0, 0.1) is 0 Å². The smallest absolute Gasteiger partial charge is 0.317 e. The minimum atomic E-state index is -0.165. The largest absolute Gasteiger partial charge is 0.473 e. The van der Waals surface area contributed by atoms with Gasteiger partial charge in [-0.3, -0.25) is 4.98 Å². The highest BCUT2D eigenvalue weighted by Gasteiger charge is 2.17. The molecule has 28 heavy (non-hydrogen) atoms. The van der Waals surface area contributed by atoms with E-state index in [0.717, 1.165) is 16.8 Å². The van der Waals surface area contributed by atoms with Crippen LogP contribution in [0.4, 0.5) is 4.79 Å². The predicted octanol–water partition coefficient (Wildman–Crippen LogP) is 3.96. The fourth-order valence-corrected chi connectivity index (χ4v) is 2.67. The fraction of sp³-hybridized carbons (Fsp3) is 0.227. The number of rotatable bonds is 7. The summed E-state index contributed by atoms with van der Waals surface area (Å²) in [4.78, 5) is 22.6. The SMILES string of the molecule is CC(c1ccccn1)N(C)C(=O)NCc1ccnc(OCc2ccccc2)c1. The number of pyridine rings is 2. The molecule has 0 saturated heterocycles.